The van der Waals surface area contributed by atoms with E-state index >= 15 is 0 Å². The average molecular weight is 409 g/mol. The van der Waals surface area contributed by atoms with Gasteiger partial charge in [0.1, 0.15) is 6.61 Å². The topological polar surface area (TPSA) is 69.2 Å². The van der Waals surface area contributed by atoms with Crippen LogP contribution in [0, 0.1) is 0 Å². The second-order valence-corrected chi connectivity index (χ2v) is 6.00. The monoisotopic (exact) mass is 408 g/mol. The summed E-state index contributed by atoms with van der Waals surface area (Å²) >= 11 is 12.3. The van der Waals surface area contributed by atoms with Crippen LogP contribution in [-0.2, 0) is 0 Å². The number of hydrogen-bond acceptors (Lipinski definition) is 5. The van der Waals surface area contributed by atoms with Crippen molar-refractivity contribution >= 4 is 35.3 Å². The van der Waals surface area contributed by atoms with E-state index in [0.717, 1.165) is 0 Å². The summed E-state index contributed by atoms with van der Waals surface area (Å²) in [6.07, 6.45) is 3.01. The molecule has 0 saturated heterocycles. The molecule has 0 aliphatic carbocycles. The molecule has 0 aromatic heterocycles. The van der Waals surface area contributed by atoms with Gasteiger partial charge >= 0.3 is 0 Å². The number of nitrogens with zero attached hydrogens (tertiary/aromatic N) is 1. The maximum Gasteiger partial charge on any atom is 0.271 e. The second kappa shape index (κ2) is 9.85. The number of carbonyl (C=O) groups excluding carboxylic acids is 1. The molecule has 0 saturated carbocycles. The van der Waals surface area contributed by atoms with Crippen LogP contribution in [0.3, 0.4) is 0 Å². The Balaban J connectivity index is 2.08. The van der Waals surface area contributed by atoms with Crippen molar-refractivity contribution in [1.82, 2.24) is 5.43 Å². The Morgan fingerprint density at radius 1 is 1.15 bits per heavy atom. The number of hydrogen-bond donors (Lipinski definition) is 1. The van der Waals surface area contributed by atoms with Gasteiger partial charge < -0.3 is 14.2 Å². The van der Waals surface area contributed by atoms with E-state index in [1.807, 2.05) is 0 Å². The van der Waals surface area contributed by atoms with E-state index < -0.39 is 5.91 Å². The first-order chi connectivity index (χ1) is 13.0. The zero-order valence-electron chi connectivity index (χ0n) is 14.8. The van der Waals surface area contributed by atoms with Gasteiger partial charge in [-0.1, -0.05) is 35.9 Å². The predicted octanol–water partition coefficient (Wildman–Crippen LogP) is 4.34. The van der Waals surface area contributed by atoms with Crippen molar-refractivity contribution in [3.8, 4) is 17.2 Å². The Kier molecular flexibility index (Phi) is 7.52. The summed E-state index contributed by atoms with van der Waals surface area (Å²) in [7, 11) is 3.01. The van der Waals surface area contributed by atoms with Crippen molar-refractivity contribution in [2.45, 2.75) is 0 Å². The summed E-state index contributed by atoms with van der Waals surface area (Å²) in [5.41, 5.74) is 3.40. The Labute approximate surface area is 167 Å². The van der Waals surface area contributed by atoms with Crippen LogP contribution in [0.1, 0.15) is 15.9 Å². The number of halogens is 2. The van der Waals surface area contributed by atoms with Gasteiger partial charge in [0, 0.05) is 5.56 Å². The van der Waals surface area contributed by atoms with Crippen molar-refractivity contribution in [1.29, 1.82) is 0 Å². The molecule has 0 atom stereocenters. The smallest absolute Gasteiger partial charge is 0.271 e. The minimum absolute atomic E-state index is 0.286. The zero-order valence-corrected chi connectivity index (χ0v) is 16.3. The van der Waals surface area contributed by atoms with Gasteiger partial charge in [0.25, 0.3) is 5.91 Å². The van der Waals surface area contributed by atoms with Crippen molar-refractivity contribution in [2.24, 2.45) is 5.10 Å². The maximum atomic E-state index is 12.2. The summed E-state index contributed by atoms with van der Waals surface area (Å²) in [5.74, 6) is 0.934. The van der Waals surface area contributed by atoms with Gasteiger partial charge in [0.15, 0.2) is 17.2 Å². The molecule has 2 aromatic carbocycles. The molecule has 1 amide bonds. The number of ether oxygens (including phenoxy) is 3. The molecule has 142 valence electrons. The molecule has 0 aliphatic heterocycles. The summed E-state index contributed by atoms with van der Waals surface area (Å²) in [6.45, 7) is 3.85. The molecule has 0 radical (unpaired) electrons. The fourth-order valence-electron chi connectivity index (χ4n) is 2.14. The summed E-state index contributed by atoms with van der Waals surface area (Å²) in [6, 6.07) is 8.05. The van der Waals surface area contributed by atoms with Gasteiger partial charge in [-0.15, -0.1) is 0 Å². The van der Waals surface area contributed by atoms with Crippen LogP contribution in [0.4, 0.5) is 0 Å². The number of amides is 1. The number of hydrazone groups is 1. The van der Waals surface area contributed by atoms with Gasteiger partial charge in [-0.3, -0.25) is 4.79 Å². The molecule has 0 unspecified atom stereocenters. The van der Waals surface area contributed by atoms with E-state index in [9.17, 15) is 4.79 Å². The number of carbonyl (C=O) groups is 1. The molecule has 0 heterocycles. The first-order valence-electron chi connectivity index (χ1n) is 7.78. The van der Waals surface area contributed by atoms with Crippen molar-refractivity contribution in [3.63, 3.8) is 0 Å². The number of rotatable bonds is 8. The van der Waals surface area contributed by atoms with Crippen LogP contribution in [0.5, 0.6) is 17.2 Å². The molecule has 0 aliphatic rings. The number of nitrogens with one attached hydrogen (secondary N) is 1. The normalized spacial score (nSPS) is 10.5. The van der Waals surface area contributed by atoms with E-state index in [-0.39, 0.29) is 6.61 Å². The average Bonchev–Trinajstić information content (AvgIpc) is 2.66. The van der Waals surface area contributed by atoms with E-state index in [1.165, 1.54) is 20.4 Å². The van der Waals surface area contributed by atoms with Crippen LogP contribution < -0.4 is 19.6 Å². The highest BCUT2D eigenvalue weighted by Gasteiger charge is 2.11. The quantitative estimate of drug-likeness (QED) is 0.400. The highest BCUT2D eigenvalue weighted by Crippen LogP contribution is 2.33. The summed E-state index contributed by atoms with van der Waals surface area (Å²) in [5, 5.41) is 4.58. The Morgan fingerprint density at radius 2 is 1.81 bits per heavy atom. The summed E-state index contributed by atoms with van der Waals surface area (Å²) in [4.78, 5) is 12.2. The molecular weight excluding hydrogens is 391 g/mol. The lowest BCUT2D eigenvalue weighted by molar-refractivity contribution is 0.0954. The first-order valence-corrected chi connectivity index (χ1v) is 8.54. The van der Waals surface area contributed by atoms with E-state index in [0.29, 0.717) is 38.4 Å². The van der Waals surface area contributed by atoms with E-state index in [1.54, 1.807) is 36.4 Å². The van der Waals surface area contributed by atoms with Crippen LogP contribution in [-0.4, -0.2) is 32.9 Å². The largest absolute Gasteiger partial charge is 0.493 e. The molecular formula is C19H18Cl2N2O4. The van der Waals surface area contributed by atoms with Crippen LogP contribution >= 0.6 is 23.2 Å². The van der Waals surface area contributed by atoms with Crippen molar-refractivity contribution in [3.05, 3.63) is 64.2 Å². The molecule has 0 fully saturated rings. The minimum Gasteiger partial charge on any atom is -0.493 e. The fourth-order valence-corrected chi connectivity index (χ4v) is 2.75. The third-order valence-corrected chi connectivity index (χ3v) is 3.95. The zero-order chi connectivity index (χ0) is 19.8. The molecule has 0 spiro atoms. The molecule has 2 aromatic rings. The van der Waals surface area contributed by atoms with Gasteiger partial charge in [-0.25, -0.2) is 5.43 Å². The molecule has 0 bridgehead atoms. The van der Waals surface area contributed by atoms with Crippen LogP contribution in [0.25, 0.3) is 0 Å². The lowest BCUT2D eigenvalue weighted by Gasteiger charge is -2.09. The SMILES string of the molecule is C=CCOc1c(Cl)cc(/C=N/NC(=O)c2ccc(OC)c(OC)c2)cc1Cl. The lowest BCUT2D eigenvalue weighted by atomic mass is 10.2. The molecule has 6 nitrogen and oxygen atoms in total. The molecule has 2 rings (SSSR count). The minimum atomic E-state index is -0.407. The highest BCUT2D eigenvalue weighted by molar-refractivity contribution is 6.37. The van der Waals surface area contributed by atoms with E-state index in [4.69, 9.17) is 37.4 Å². The third kappa shape index (κ3) is 5.39. The molecule has 1 N–H and O–H groups in total. The molecule has 8 heteroatoms. The highest BCUT2D eigenvalue weighted by atomic mass is 35.5. The van der Waals surface area contributed by atoms with Gasteiger partial charge in [-0.05, 0) is 35.9 Å². The fraction of sp³-hybridized carbons (Fsp3) is 0.158. The summed E-state index contributed by atoms with van der Waals surface area (Å²) < 4.78 is 15.7. The number of methoxy groups -OCH3 is 2. The Hall–Kier alpha value is -2.70. The third-order valence-electron chi connectivity index (χ3n) is 3.39. The van der Waals surface area contributed by atoms with Gasteiger partial charge in [-0.2, -0.15) is 5.10 Å². The Bertz CT molecular complexity index is 846. The van der Waals surface area contributed by atoms with Crippen molar-refractivity contribution < 1.29 is 19.0 Å². The first kappa shape index (κ1) is 20.6. The van der Waals surface area contributed by atoms with Crippen molar-refractivity contribution in [2.75, 3.05) is 20.8 Å². The van der Waals surface area contributed by atoms with Gasteiger partial charge in [0.05, 0.1) is 30.5 Å². The van der Waals surface area contributed by atoms with Crippen LogP contribution in [0.15, 0.2) is 48.1 Å². The lowest BCUT2D eigenvalue weighted by Crippen LogP contribution is -2.17. The molecule has 27 heavy (non-hydrogen) atoms. The standard InChI is InChI=1S/C19H18Cl2N2O4/c1-4-7-27-18-14(20)8-12(9-15(18)21)11-22-23-19(24)13-5-6-16(25-2)17(10-13)26-3/h4-6,8-11H,1,7H2,2-3H3,(H,23,24)/b22-11+. The number of benzene rings is 2. The van der Waals surface area contributed by atoms with Crippen LogP contribution in [0.2, 0.25) is 10.0 Å². The van der Waals surface area contributed by atoms with Gasteiger partial charge in [0.2, 0.25) is 0 Å². The second-order valence-electron chi connectivity index (χ2n) is 5.18. The Morgan fingerprint density at radius 3 is 2.41 bits per heavy atom. The van der Waals surface area contributed by atoms with E-state index in [2.05, 4.69) is 17.1 Å². The maximum absolute atomic E-state index is 12.2. The predicted molar refractivity (Wildman–Crippen MR) is 107 cm³/mol.